The zero-order valence-corrected chi connectivity index (χ0v) is 8.27. The number of nitrogens with zero attached hydrogens (tertiary/aromatic N) is 1. The normalized spacial score (nSPS) is 16.3. The zero-order chi connectivity index (χ0) is 11.0. The summed E-state index contributed by atoms with van der Waals surface area (Å²) in [6, 6.07) is 6.25. The van der Waals surface area contributed by atoms with E-state index >= 15 is 0 Å². The van der Waals surface area contributed by atoms with Crippen molar-refractivity contribution in [1.29, 1.82) is 0 Å². The van der Waals surface area contributed by atoms with Gasteiger partial charge in [0, 0.05) is 12.1 Å². The molecule has 0 aromatic heterocycles. The summed E-state index contributed by atoms with van der Waals surface area (Å²) in [5.41, 5.74) is 1.46. The quantitative estimate of drug-likeness (QED) is 0.669. The Morgan fingerprint density at radius 3 is 2.73 bits per heavy atom. The number of carboxylic acids is 1. The first-order valence-corrected chi connectivity index (χ1v) is 4.71. The summed E-state index contributed by atoms with van der Waals surface area (Å²) in [7, 11) is 0. The molecule has 0 saturated carbocycles. The van der Waals surface area contributed by atoms with E-state index in [-0.39, 0.29) is 5.91 Å². The van der Waals surface area contributed by atoms with Crippen LogP contribution >= 0.6 is 0 Å². The van der Waals surface area contributed by atoms with Gasteiger partial charge in [-0.05, 0) is 18.6 Å². The third kappa shape index (κ3) is 1.48. The maximum Gasteiger partial charge on any atom is 0.255 e. The summed E-state index contributed by atoms with van der Waals surface area (Å²) in [6.07, 6.45) is 0. The van der Waals surface area contributed by atoms with Crippen LogP contribution in [0.2, 0.25) is 0 Å². The van der Waals surface area contributed by atoms with Crippen LogP contribution in [0.15, 0.2) is 24.3 Å². The molecule has 1 aliphatic rings. The van der Waals surface area contributed by atoms with Gasteiger partial charge in [-0.2, -0.15) is 0 Å². The number of amides is 1. The van der Waals surface area contributed by atoms with Crippen LogP contribution in [0, 0.1) is 0 Å². The van der Waals surface area contributed by atoms with Crippen molar-refractivity contribution in [2.24, 2.45) is 0 Å². The van der Waals surface area contributed by atoms with E-state index in [0.29, 0.717) is 12.1 Å². The standard InChI is InChI=1S/C11H11NO3/c1-7(11(14)15)12-6-8-4-2-3-5-9(8)10(12)13/h2-5,7H,6H2,1H3,(H,14,15)/p-1/t7-/m0/s1. The van der Waals surface area contributed by atoms with Crippen molar-refractivity contribution in [1.82, 2.24) is 4.90 Å². The first-order valence-electron chi connectivity index (χ1n) is 4.71. The number of carbonyl (C=O) groups excluding carboxylic acids is 2. The van der Waals surface area contributed by atoms with E-state index in [4.69, 9.17) is 0 Å². The molecule has 0 spiro atoms. The number of carboxylic acid groups (broad SMARTS) is 1. The molecule has 15 heavy (non-hydrogen) atoms. The highest BCUT2D eigenvalue weighted by Gasteiger charge is 2.30. The Balaban J connectivity index is 2.31. The molecule has 1 heterocycles. The summed E-state index contributed by atoms with van der Waals surface area (Å²) >= 11 is 0. The van der Waals surface area contributed by atoms with Gasteiger partial charge in [0.2, 0.25) is 0 Å². The third-order valence-corrected chi connectivity index (χ3v) is 2.66. The lowest BCUT2D eigenvalue weighted by molar-refractivity contribution is -0.310. The summed E-state index contributed by atoms with van der Waals surface area (Å²) < 4.78 is 0. The molecular weight excluding hydrogens is 194 g/mol. The highest BCUT2D eigenvalue weighted by molar-refractivity contribution is 6.00. The molecule has 0 N–H and O–H groups in total. The predicted molar refractivity (Wildman–Crippen MR) is 50.8 cm³/mol. The lowest BCUT2D eigenvalue weighted by Gasteiger charge is -2.24. The average Bonchev–Trinajstić information content (AvgIpc) is 2.56. The second-order valence-corrected chi connectivity index (χ2v) is 3.59. The highest BCUT2D eigenvalue weighted by atomic mass is 16.4. The van der Waals surface area contributed by atoms with E-state index in [9.17, 15) is 14.7 Å². The first-order chi connectivity index (χ1) is 7.11. The molecule has 1 aromatic carbocycles. The fraction of sp³-hybridized carbons (Fsp3) is 0.273. The van der Waals surface area contributed by atoms with Crippen molar-refractivity contribution in [2.75, 3.05) is 0 Å². The predicted octanol–water partition coefficient (Wildman–Crippen LogP) is -0.219. The summed E-state index contributed by atoms with van der Waals surface area (Å²) in [5, 5.41) is 10.7. The van der Waals surface area contributed by atoms with Gasteiger partial charge in [0.15, 0.2) is 0 Å². The van der Waals surface area contributed by atoms with Crippen LogP contribution in [0.5, 0.6) is 0 Å². The molecule has 78 valence electrons. The number of rotatable bonds is 2. The Hall–Kier alpha value is -1.84. The van der Waals surface area contributed by atoms with Crippen LogP contribution in [-0.2, 0) is 11.3 Å². The van der Waals surface area contributed by atoms with Gasteiger partial charge in [0.1, 0.15) is 0 Å². The molecule has 0 fully saturated rings. The van der Waals surface area contributed by atoms with E-state index in [1.165, 1.54) is 11.8 Å². The summed E-state index contributed by atoms with van der Waals surface area (Å²) in [4.78, 5) is 23.8. The smallest absolute Gasteiger partial charge is 0.255 e. The molecular formula is C11H10NO3-. The zero-order valence-electron chi connectivity index (χ0n) is 8.27. The van der Waals surface area contributed by atoms with E-state index in [0.717, 1.165) is 5.56 Å². The topological polar surface area (TPSA) is 60.4 Å². The molecule has 0 saturated heterocycles. The molecule has 4 heteroatoms. The number of hydrogen-bond acceptors (Lipinski definition) is 3. The maximum absolute atomic E-state index is 11.8. The van der Waals surface area contributed by atoms with Crippen LogP contribution < -0.4 is 5.11 Å². The number of benzene rings is 1. The molecule has 2 rings (SSSR count). The van der Waals surface area contributed by atoms with E-state index in [1.54, 1.807) is 12.1 Å². The fourth-order valence-electron chi connectivity index (χ4n) is 1.72. The molecule has 0 radical (unpaired) electrons. The van der Waals surface area contributed by atoms with Gasteiger partial charge in [-0.3, -0.25) is 4.79 Å². The Morgan fingerprint density at radius 2 is 2.13 bits per heavy atom. The molecule has 0 bridgehead atoms. The Morgan fingerprint density at radius 1 is 1.47 bits per heavy atom. The van der Waals surface area contributed by atoms with E-state index < -0.39 is 12.0 Å². The summed E-state index contributed by atoms with van der Waals surface area (Å²) in [5.74, 6) is -1.46. The lowest BCUT2D eigenvalue weighted by atomic mass is 10.1. The van der Waals surface area contributed by atoms with Crippen LogP contribution in [-0.4, -0.2) is 22.8 Å². The molecule has 0 unspecified atom stereocenters. The third-order valence-electron chi connectivity index (χ3n) is 2.66. The van der Waals surface area contributed by atoms with E-state index in [1.807, 2.05) is 12.1 Å². The van der Waals surface area contributed by atoms with Crippen LogP contribution in [0.4, 0.5) is 0 Å². The molecule has 0 aliphatic carbocycles. The molecule has 1 atom stereocenters. The second kappa shape index (κ2) is 3.38. The molecule has 1 aliphatic heterocycles. The van der Waals surface area contributed by atoms with Gasteiger partial charge in [-0.1, -0.05) is 18.2 Å². The first kappa shape index (κ1) is 9.71. The van der Waals surface area contributed by atoms with Gasteiger partial charge in [0.05, 0.1) is 12.0 Å². The van der Waals surface area contributed by atoms with Gasteiger partial charge in [0.25, 0.3) is 5.91 Å². The van der Waals surface area contributed by atoms with Crippen molar-refractivity contribution in [2.45, 2.75) is 19.5 Å². The second-order valence-electron chi connectivity index (χ2n) is 3.59. The van der Waals surface area contributed by atoms with Crippen LogP contribution in [0.3, 0.4) is 0 Å². The number of fused-ring (bicyclic) bond motifs is 1. The minimum Gasteiger partial charge on any atom is -0.548 e. The Bertz CT molecular complexity index is 428. The van der Waals surface area contributed by atoms with Crippen molar-refractivity contribution < 1.29 is 14.7 Å². The largest absolute Gasteiger partial charge is 0.548 e. The van der Waals surface area contributed by atoms with Crippen molar-refractivity contribution in [3.63, 3.8) is 0 Å². The van der Waals surface area contributed by atoms with Crippen molar-refractivity contribution >= 4 is 11.9 Å². The number of carbonyl (C=O) groups is 2. The minimum atomic E-state index is -1.23. The number of hydrogen-bond donors (Lipinski definition) is 0. The SMILES string of the molecule is C[C@@H](C(=O)[O-])N1Cc2ccccc2C1=O. The summed E-state index contributed by atoms with van der Waals surface area (Å²) in [6.45, 7) is 1.81. The van der Waals surface area contributed by atoms with Gasteiger partial charge >= 0.3 is 0 Å². The lowest BCUT2D eigenvalue weighted by Crippen LogP contribution is -2.46. The Kier molecular flexibility index (Phi) is 2.19. The minimum absolute atomic E-state index is 0.234. The number of aliphatic carboxylic acids is 1. The van der Waals surface area contributed by atoms with Gasteiger partial charge in [-0.15, -0.1) is 0 Å². The monoisotopic (exact) mass is 204 g/mol. The fourth-order valence-corrected chi connectivity index (χ4v) is 1.72. The van der Waals surface area contributed by atoms with Gasteiger partial charge < -0.3 is 14.8 Å². The molecule has 4 nitrogen and oxygen atoms in total. The van der Waals surface area contributed by atoms with Gasteiger partial charge in [-0.25, -0.2) is 0 Å². The van der Waals surface area contributed by atoms with Crippen LogP contribution in [0.25, 0.3) is 0 Å². The highest BCUT2D eigenvalue weighted by Crippen LogP contribution is 2.23. The van der Waals surface area contributed by atoms with Crippen LogP contribution in [0.1, 0.15) is 22.8 Å². The average molecular weight is 204 g/mol. The maximum atomic E-state index is 11.8. The molecule has 1 amide bonds. The molecule has 1 aromatic rings. The van der Waals surface area contributed by atoms with Crippen molar-refractivity contribution in [3.8, 4) is 0 Å². The Labute approximate surface area is 87.1 Å². The van der Waals surface area contributed by atoms with Crippen molar-refractivity contribution in [3.05, 3.63) is 35.4 Å². The van der Waals surface area contributed by atoms with E-state index in [2.05, 4.69) is 0 Å².